The highest BCUT2D eigenvalue weighted by atomic mass is 35.5. The van der Waals surface area contributed by atoms with Gasteiger partial charge < -0.3 is 15.8 Å². The smallest absolute Gasteiger partial charge is 0.249 e. The third-order valence-corrected chi connectivity index (χ3v) is 5.16. The van der Waals surface area contributed by atoms with Crippen LogP contribution in [0.3, 0.4) is 0 Å². The molecule has 2 aliphatic rings. The van der Waals surface area contributed by atoms with E-state index in [1.165, 1.54) is 44.9 Å². The Hall–Kier alpha value is -0.320. The Morgan fingerprint density at radius 2 is 1.82 bits per heavy atom. The highest BCUT2D eigenvalue weighted by molar-refractivity contribution is 5.85. The molecule has 0 bridgehead atoms. The Bertz CT molecular complexity index is 320. The van der Waals surface area contributed by atoms with Gasteiger partial charge in [-0.1, -0.05) is 39.0 Å². The van der Waals surface area contributed by atoms with Crippen LogP contribution in [-0.4, -0.2) is 31.2 Å². The van der Waals surface area contributed by atoms with Crippen molar-refractivity contribution in [3.63, 3.8) is 0 Å². The van der Waals surface area contributed by atoms with E-state index in [0.717, 1.165) is 25.3 Å². The van der Waals surface area contributed by atoms with Gasteiger partial charge in [-0.25, -0.2) is 0 Å². The summed E-state index contributed by atoms with van der Waals surface area (Å²) in [6.07, 6.45) is 10.8. The van der Waals surface area contributed by atoms with Gasteiger partial charge in [0.1, 0.15) is 6.10 Å². The molecule has 2 atom stereocenters. The Labute approximate surface area is 141 Å². The minimum atomic E-state index is -0.264. The van der Waals surface area contributed by atoms with E-state index in [1.807, 2.05) is 0 Å². The maximum Gasteiger partial charge on any atom is 0.249 e. The molecule has 0 aromatic rings. The number of hydrogen-bond acceptors (Lipinski definition) is 3. The SMILES string of the molecule is CCCCC1CCC(CNC(=O)[C@@H]2CC[C@H](CN)O2)CC1.Cl. The summed E-state index contributed by atoms with van der Waals surface area (Å²) in [5.41, 5.74) is 5.58. The van der Waals surface area contributed by atoms with Crippen LogP contribution < -0.4 is 11.1 Å². The fourth-order valence-electron chi connectivity index (χ4n) is 3.65. The first kappa shape index (κ1) is 19.7. The number of nitrogens with two attached hydrogens (primary N) is 1. The summed E-state index contributed by atoms with van der Waals surface area (Å²) in [5, 5.41) is 3.09. The molecule has 1 saturated heterocycles. The molecule has 4 nitrogen and oxygen atoms in total. The van der Waals surface area contributed by atoms with Gasteiger partial charge in [-0.05, 0) is 37.5 Å². The summed E-state index contributed by atoms with van der Waals surface area (Å²) in [7, 11) is 0. The highest BCUT2D eigenvalue weighted by Crippen LogP contribution is 2.31. The first-order valence-electron chi connectivity index (χ1n) is 8.86. The second kappa shape index (κ2) is 10.5. The van der Waals surface area contributed by atoms with Crippen molar-refractivity contribution in [3.8, 4) is 0 Å². The topological polar surface area (TPSA) is 64.4 Å². The van der Waals surface area contributed by atoms with Gasteiger partial charge in [0, 0.05) is 13.1 Å². The zero-order valence-corrected chi connectivity index (χ0v) is 14.7. The fourth-order valence-corrected chi connectivity index (χ4v) is 3.65. The lowest BCUT2D eigenvalue weighted by atomic mass is 9.80. The number of nitrogens with one attached hydrogen (secondary N) is 1. The quantitative estimate of drug-likeness (QED) is 0.753. The molecular formula is C17H33ClN2O2. The maximum absolute atomic E-state index is 12.1. The zero-order valence-electron chi connectivity index (χ0n) is 13.9. The standard InChI is InChI=1S/C17H32N2O2.ClH/c1-2-3-4-13-5-7-14(8-6-13)12-19-17(20)16-10-9-15(11-18)21-16;/h13-16H,2-12,18H2,1H3,(H,19,20);1H/t13?,14?,15-,16+;/m1./s1. The van der Waals surface area contributed by atoms with Gasteiger partial charge in [0.15, 0.2) is 0 Å². The second-order valence-electron chi connectivity index (χ2n) is 6.83. The van der Waals surface area contributed by atoms with Gasteiger partial charge in [0.05, 0.1) is 6.10 Å². The van der Waals surface area contributed by atoms with Crippen molar-refractivity contribution in [3.05, 3.63) is 0 Å². The number of amides is 1. The fraction of sp³-hybridized carbons (Fsp3) is 0.941. The van der Waals surface area contributed by atoms with Crippen molar-refractivity contribution in [2.24, 2.45) is 17.6 Å². The number of halogens is 1. The van der Waals surface area contributed by atoms with E-state index in [1.54, 1.807) is 0 Å². The molecule has 0 spiro atoms. The third-order valence-electron chi connectivity index (χ3n) is 5.16. The van der Waals surface area contributed by atoms with Crippen LogP contribution in [0.4, 0.5) is 0 Å². The minimum absolute atomic E-state index is 0. The zero-order chi connectivity index (χ0) is 15.1. The number of carbonyl (C=O) groups excluding carboxylic acids is 1. The lowest BCUT2D eigenvalue weighted by Gasteiger charge is -2.28. The Morgan fingerprint density at radius 3 is 2.41 bits per heavy atom. The average molecular weight is 333 g/mol. The Morgan fingerprint density at radius 1 is 1.14 bits per heavy atom. The molecule has 3 N–H and O–H groups in total. The summed E-state index contributed by atoms with van der Waals surface area (Å²) < 4.78 is 5.64. The van der Waals surface area contributed by atoms with Crippen LogP contribution in [0.25, 0.3) is 0 Å². The highest BCUT2D eigenvalue weighted by Gasteiger charge is 2.30. The first-order valence-corrected chi connectivity index (χ1v) is 8.86. The molecule has 0 aromatic carbocycles. The van der Waals surface area contributed by atoms with Gasteiger partial charge >= 0.3 is 0 Å². The lowest BCUT2D eigenvalue weighted by Crippen LogP contribution is -2.38. The van der Waals surface area contributed by atoms with Crippen LogP contribution in [0.15, 0.2) is 0 Å². The third kappa shape index (κ3) is 6.05. The van der Waals surface area contributed by atoms with Crippen molar-refractivity contribution in [1.29, 1.82) is 0 Å². The molecule has 0 unspecified atom stereocenters. The average Bonchev–Trinajstić information content (AvgIpc) is 3.00. The second-order valence-corrected chi connectivity index (χ2v) is 6.83. The lowest BCUT2D eigenvalue weighted by molar-refractivity contribution is -0.132. The maximum atomic E-state index is 12.1. The number of ether oxygens (including phenoxy) is 1. The Kier molecular flexibility index (Phi) is 9.37. The van der Waals surface area contributed by atoms with E-state index >= 15 is 0 Å². The van der Waals surface area contributed by atoms with Crippen molar-refractivity contribution in [2.45, 2.75) is 76.9 Å². The molecule has 2 rings (SSSR count). The summed E-state index contributed by atoms with van der Waals surface area (Å²) in [5.74, 6) is 1.66. The van der Waals surface area contributed by atoms with Crippen LogP contribution in [0.5, 0.6) is 0 Å². The Balaban J connectivity index is 0.00000242. The summed E-state index contributed by atoms with van der Waals surface area (Å²) in [6, 6.07) is 0. The molecule has 130 valence electrons. The molecule has 1 amide bonds. The van der Waals surface area contributed by atoms with Crippen molar-refractivity contribution in [1.82, 2.24) is 5.32 Å². The van der Waals surface area contributed by atoms with Crippen LogP contribution in [0.2, 0.25) is 0 Å². The van der Waals surface area contributed by atoms with Crippen LogP contribution in [-0.2, 0) is 9.53 Å². The van der Waals surface area contributed by atoms with Crippen molar-refractivity contribution < 1.29 is 9.53 Å². The van der Waals surface area contributed by atoms with Gasteiger partial charge in [-0.15, -0.1) is 12.4 Å². The number of unbranched alkanes of at least 4 members (excludes halogenated alkanes) is 1. The minimum Gasteiger partial charge on any atom is -0.364 e. The van der Waals surface area contributed by atoms with Gasteiger partial charge in [0.25, 0.3) is 0 Å². The van der Waals surface area contributed by atoms with Gasteiger partial charge in [0.2, 0.25) is 5.91 Å². The summed E-state index contributed by atoms with van der Waals surface area (Å²) >= 11 is 0. The molecule has 2 fully saturated rings. The monoisotopic (exact) mass is 332 g/mol. The van der Waals surface area contributed by atoms with Crippen LogP contribution in [0, 0.1) is 11.8 Å². The molecule has 5 heteroatoms. The van der Waals surface area contributed by atoms with E-state index in [0.29, 0.717) is 12.5 Å². The molecule has 1 saturated carbocycles. The van der Waals surface area contributed by atoms with E-state index in [-0.39, 0.29) is 30.5 Å². The largest absolute Gasteiger partial charge is 0.364 e. The van der Waals surface area contributed by atoms with Crippen molar-refractivity contribution in [2.75, 3.05) is 13.1 Å². The summed E-state index contributed by atoms with van der Waals surface area (Å²) in [4.78, 5) is 12.1. The van der Waals surface area contributed by atoms with Crippen molar-refractivity contribution >= 4 is 18.3 Å². The number of hydrogen-bond donors (Lipinski definition) is 2. The van der Waals surface area contributed by atoms with E-state index in [4.69, 9.17) is 10.5 Å². The molecule has 1 heterocycles. The van der Waals surface area contributed by atoms with Crippen LogP contribution in [0.1, 0.15) is 64.7 Å². The molecule has 1 aliphatic heterocycles. The number of carbonyl (C=O) groups is 1. The predicted octanol–water partition coefficient (Wildman–Crippen LogP) is 3.03. The molecular weight excluding hydrogens is 300 g/mol. The van der Waals surface area contributed by atoms with Crippen LogP contribution >= 0.6 is 12.4 Å². The van der Waals surface area contributed by atoms with Gasteiger partial charge in [-0.2, -0.15) is 0 Å². The predicted molar refractivity (Wildman–Crippen MR) is 92.2 cm³/mol. The number of rotatable bonds is 7. The van der Waals surface area contributed by atoms with E-state index in [2.05, 4.69) is 12.2 Å². The first-order chi connectivity index (χ1) is 10.2. The summed E-state index contributed by atoms with van der Waals surface area (Å²) in [6.45, 7) is 3.61. The van der Waals surface area contributed by atoms with E-state index < -0.39 is 0 Å². The molecule has 0 aromatic heterocycles. The van der Waals surface area contributed by atoms with Gasteiger partial charge in [-0.3, -0.25) is 4.79 Å². The molecule has 22 heavy (non-hydrogen) atoms. The molecule has 0 radical (unpaired) electrons. The molecule has 1 aliphatic carbocycles. The van der Waals surface area contributed by atoms with E-state index in [9.17, 15) is 4.79 Å². The normalized spacial score (nSPS) is 31.5.